The normalized spacial score (nSPS) is 10.7. The fourth-order valence-electron chi connectivity index (χ4n) is 3.05. The molecule has 29 heavy (non-hydrogen) atoms. The highest BCUT2D eigenvalue weighted by atomic mass is 16.5. The molecule has 0 radical (unpaired) electrons. The van der Waals surface area contributed by atoms with Crippen LogP contribution in [0.4, 0.5) is 0 Å². The Hall–Kier alpha value is -3.80. The smallest absolute Gasteiger partial charge is 0.290 e. The molecule has 2 aromatic heterocycles. The third-order valence-electron chi connectivity index (χ3n) is 4.50. The molecule has 0 aliphatic rings. The van der Waals surface area contributed by atoms with Crippen molar-refractivity contribution in [3.8, 4) is 17.1 Å². The Kier molecular flexibility index (Phi) is 5.42. The lowest BCUT2D eigenvalue weighted by molar-refractivity contribution is 0.0694. The molecule has 0 saturated heterocycles. The lowest BCUT2D eigenvalue weighted by Crippen LogP contribution is -2.30. The molecule has 4 aromatic rings. The van der Waals surface area contributed by atoms with Gasteiger partial charge in [0.05, 0.1) is 19.9 Å². The van der Waals surface area contributed by atoms with E-state index in [-0.39, 0.29) is 11.7 Å². The molecule has 0 spiro atoms. The predicted octanol–water partition coefficient (Wildman–Crippen LogP) is 4.79. The number of amides is 1. The third kappa shape index (κ3) is 4.38. The standard InChI is InChI=1S/C23H20N2O4/c1-27-20-10-5-9-18(13-20)22-14-19(24-29-22)16-25(15-17-7-3-2-4-8-17)23(26)21-11-6-12-28-21/h2-14H,15-16H2,1H3. The molecular formula is C23H20N2O4. The van der Waals surface area contributed by atoms with Gasteiger partial charge in [-0.25, -0.2) is 0 Å². The average Bonchev–Trinajstić information content (AvgIpc) is 3.46. The van der Waals surface area contributed by atoms with Gasteiger partial charge in [0.25, 0.3) is 5.91 Å². The van der Waals surface area contributed by atoms with Gasteiger partial charge in [0.15, 0.2) is 11.5 Å². The molecule has 0 aliphatic heterocycles. The van der Waals surface area contributed by atoms with Crippen molar-refractivity contribution in [3.63, 3.8) is 0 Å². The zero-order valence-electron chi connectivity index (χ0n) is 15.9. The Morgan fingerprint density at radius 2 is 1.86 bits per heavy atom. The molecule has 0 aliphatic carbocycles. The Morgan fingerprint density at radius 1 is 1.00 bits per heavy atom. The molecule has 4 rings (SSSR count). The van der Waals surface area contributed by atoms with Crippen LogP contribution in [0.15, 0.2) is 88.0 Å². The molecule has 0 atom stereocenters. The van der Waals surface area contributed by atoms with Gasteiger partial charge < -0.3 is 18.6 Å². The van der Waals surface area contributed by atoms with Crippen LogP contribution in [0.2, 0.25) is 0 Å². The van der Waals surface area contributed by atoms with Crippen molar-refractivity contribution in [2.24, 2.45) is 0 Å². The van der Waals surface area contributed by atoms with E-state index in [2.05, 4.69) is 5.16 Å². The van der Waals surface area contributed by atoms with E-state index in [0.717, 1.165) is 16.9 Å². The highest BCUT2D eigenvalue weighted by Crippen LogP contribution is 2.25. The summed E-state index contributed by atoms with van der Waals surface area (Å²) in [6.45, 7) is 0.726. The van der Waals surface area contributed by atoms with Crippen molar-refractivity contribution in [2.75, 3.05) is 7.11 Å². The number of nitrogens with zero attached hydrogens (tertiary/aromatic N) is 2. The minimum Gasteiger partial charge on any atom is -0.497 e. The Bertz CT molecular complexity index is 1070. The SMILES string of the molecule is COc1cccc(-c2cc(CN(Cc3ccccc3)C(=O)c3ccco3)no2)c1. The van der Waals surface area contributed by atoms with Gasteiger partial charge >= 0.3 is 0 Å². The van der Waals surface area contributed by atoms with Crippen LogP contribution in [-0.2, 0) is 13.1 Å². The summed E-state index contributed by atoms with van der Waals surface area (Å²) in [5.74, 6) is 1.44. The van der Waals surface area contributed by atoms with Gasteiger partial charge in [-0.15, -0.1) is 0 Å². The van der Waals surface area contributed by atoms with E-state index in [0.29, 0.717) is 24.5 Å². The number of hydrogen-bond donors (Lipinski definition) is 0. The quantitative estimate of drug-likeness (QED) is 0.455. The van der Waals surface area contributed by atoms with Crippen molar-refractivity contribution in [1.29, 1.82) is 0 Å². The molecule has 0 N–H and O–H groups in total. The van der Waals surface area contributed by atoms with Crippen LogP contribution < -0.4 is 4.74 Å². The number of carbonyl (C=O) groups is 1. The Balaban J connectivity index is 1.57. The molecule has 2 aromatic carbocycles. The molecule has 6 heteroatoms. The van der Waals surface area contributed by atoms with Crippen LogP contribution in [0.1, 0.15) is 21.8 Å². The van der Waals surface area contributed by atoms with Gasteiger partial charge in [-0.3, -0.25) is 4.79 Å². The van der Waals surface area contributed by atoms with Gasteiger partial charge in [0.1, 0.15) is 11.4 Å². The zero-order valence-corrected chi connectivity index (χ0v) is 15.9. The first-order valence-electron chi connectivity index (χ1n) is 9.19. The molecule has 146 valence electrons. The maximum absolute atomic E-state index is 12.9. The topological polar surface area (TPSA) is 68.7 Å². The molecule has 2 heterocycles. The van der Waals surface area contributed by atoms with Gasteiger partial charge in [0, 0.05) is 18.2 Å². The van der Waals surface area contributed by atoms with E-state index < -0.39 is 0 Å². The summed E-state index contributed by atoms with van der Waals surface area (Å²) < 4.78 is 16.1. The highest BCUT2D eigenvalue weighted by molar-refractivity contribution is 5.91. The fourth-order valence-corrected chi connectivity index (χ4v) is 3.05. The number of rotatable bonds is 7. The third-order valence-corrected chi connectivity index (χ3v) is 4.50. The minimum atomic E-state index is -0.204. The maximum Gasteiger partial charge on any atom is 0.290 e. The molecule has 6 nitrogen and oxygen atoms in total. The maximum atomic E-state index is 12.9. The first-order valence-corrected chi connectivity index (χ1v) is 9.19. The minimum absolute atomic E-state index is 0.204. The first-order chi connectivity index (χ1) is 14.2. The summed E-state index contributed by atoms with van der Waals surface area (Å²) in [5, 5.41) is 4.15. The summed E-state index contributed by atoms with van der Waals surface area (Å²) in [7, 11) is 1.62. The van der Waals surface area contributed by atoms with Crippen molar-refractivity contribution in [1.82, 2.24) is 10.1 Å². The summed E-state index contributed by atoms with van der Waals surface area (Å²) in [4.78, 5) is 14.6. The summed E-state index contributed by atoms with van der Waals surface area (Å²) >= 11 is 0. The van der Waals surface area contributed by atoms with E-state index in [9.17, 15) is 4.79 Å². The van der Waals surface area contributed by atoms with Crippen LogP contribution in [0.5, 0.6) is 5.75 Å². The Labute approximate surface area is 168 Å². The number of furan rings is 1. The lowest BCUT2D eigenvalue weighted by Gasteiger charge is -2.20. The highest BCUT2D eigenvalue weighted by Gasteiger charge is 2.21. The second-order valence-corrected chi connectivity index (χ2v) is 6.54. The van der Waals surface area contributed by atoms with Crippen molar-refractivity contribution < 1.29 is 18.5 Å². The zero-order chi connectivity index (χ0) is 20.1. The molecular weight excluding hydrogens is 368 g/mol. The van der Waals surface area contributed by atoms with E-state index in [1.54, 1.807) is 24.1 Å². The summed E-state index contributed by atoms with van der Waals surface area (Å²) in [5.41, 5.74) is 2.53. The average molecular weight is 388 g/mol. The van der Waals surface area contributed by atoms with Crippen molar-refractivity contribution in [3.05, 3.63) is 96.1 Å². The number of ether oxygens (including phenoxy) is 1. The lowest BCUT2D eigenvalue weighted by atomic mass is 10.1. The molecule has 0 bridgehead atoms. The summed E-state index contributed by atoms with van der Waals surface area (Å²) in [6.07, 6.45) is 1.49. The van der Waals surface area contributed by atoms with E-state index in [1.807, 2.05) is 60.7 Å². The predicted molar refractivity (Wildman–Crippen MR) is 107 cm³/mol. The number of aromatic nitrogens is 1. The van der Waals surface area contributed by atoms with Crippen LogP contribution in [0.25, 0.3) is 11.3 Å². The number of benzene rings is 2. The first kappa shape index (κ1) is 18.6. The van der Waals surface area contributed by atoms with Crippen molar-refractivity contribution >= 4 is 5.91 Å². The number of hydrogen-bond acceptors (Lipinski definition) is 5. The van der Waals surface area contributed by atoms with Crippen LogP contribution in [0, 0.1) is 0 Å². The molecule has 0 saturated carbocycles. The monoisotopic (exact) mass is 388 g/mol. The second kappa shape index (κ2) is 8.48. The van der Waals surface area contributed by atoms with Crippen molar-refractivity contribution in [2.45, 2.75) is 13.1 Å². The van der Waals surface area contributed by atoms with Gasteiger partial charge in [-0.05, 0) is 29.8 Å². The number of carbonyl (C=O) groups excluding carboxylic acids is 1. The molecule has 0 fully saturated rings. The van der Waals surface area contributed by atoms with E-state index in [4.69, 9.17) is 13.7 Å². The molecule has 0 unspecified atom stereocenters. The van der Waals surface area contributed by atoms with Crippen LogP contribution in [0.3, 0.4) is 0 Å². The molecule has 1 amide bonds. The van der Waals surface area contributed by atoms with E-state index in [1.165, 1.54) is 6.26 Å². The second-order valence-electron chi connectivity index (χ2n) is 6.54. The van der Waals surface area contributed by atoms with Gasteiger partial charge in [0.2, 0.25) is 0 Å². The van der Waals surface area contributed by atoms with Gasteiger partial charge in [-0.1, -0.05) is 47.6 Å². The largest absolute Gasteiger partial charge is 0.497 e. The Morgan fingerprint density at radius 3 is 2.62 bits per heavy atom. The summed E-state index contributed by atoms with van der Waals surface area (Å²) in [6, 6.07) is 22.5. The van der Waals surface area contributed by atoms with E-state index >= 15 is 0 Å². The van der Waals surface area contributed by atoms with Crippen LogP contribution >= 0.6 is 0 Å². The number of methoxy groups -OCH3 is 1. The van der Waals surface area contributed by atoms with Gasteiger partial charge in [-0.2, -0.15) is 0 Å². The fraction of sp³-hybridized carbons (Fsp3) is 0.130. The van der Waals surface area contributed by atoms with Crippen LogP contribution in [-0.4, -0.2) is 23.1 Å².